The number of methoxy groups -OCH3 is 1. The number of hydrogen-bond acceptors (Lipinski definition) is 6. The number of pyridine rings is 1. The molecular weight excluding hydrogens is 310 g/mol. The molecule has 1 aliphatic rings. The second-order valence-corrected chi connectivity index (χ2v) is 6.03. The zero-order valence-corrected chi connectivity index (χ0v) is 13.2. The van der Waals surface area contributed by atoms with Gasteiger partial charge in [-0.1, -0.05) is 17.4 Å². The van der Waals surface area contributed by atoms with Crippen molar-refractivity contribution in [3.05, 3.63) is 53.2 Å². The van der Waals surface area contributed by atoms with Crippen molar-refractivity contribution in [3.63, 3.8) is 0 Å². The Balaban J connectivity index is 1.67. The summed E-state index contributed by atoms with van der Waals surface area (Å²) < 4.78 is 11.0. The first kappa shape index (κ1) is 13.9. The normalized spacial score (nSPS) is 12.6. The molecule has 0 saturated heterocycles. The minimum absolute atomic E-state index is 0.510. The average Bonchev–Trinajstić information content (AvgIpc) is 3.04. The minimum atomic E-state index is 0.510. The Morgan fingerprint density at radius 3 is 3.13 bits per heavy atom. The molecule has 0 amide bonds. The van der Waals surface area contributed by atoms with Crippen LogP contribution in [-0.2, 0) is 6.61 Å². The van der Waals surface area contributed by atoms with Crippen LogP contribution in [0.4, 0.5) is 5.13 Å². The van der Waals surface area contributed by atoms with E-state index in [1.54, 1.807) is 37.1 Å². The summed E-state index contributed by atoms with van der Waals surface area (Å²) in [6.45, 7) is 0.510. The fourth-order valence-electron chi connectivity index (χ4n) is 2.37. The molecule has 1 aliphatic heterocycles. The van der Waals surface area contributed by atoms with Gasteiger partial charge in [0.15, 0.2) is 0 Å². The monoisotopic (exact) mass is 323 g/mol. The Bertz CT molecular complexity index is 875. The molecule has 0 spiro atoms. The highest BCUT2D eigenvalue weighted by Gasteiger charge is 2.22. The van der Waals surface area contributed by atoms with Gasteiger partial charge in [0, 0.05) is 35.8 Å². The van der Waals surface area contributed by atoms with Crippen LogP contribution in [0.1, 0.15) is 10.4 Å². The van der Waals surface area contributed by atoms with Gasteiger partial charge < -0.3 is 9.47 Å². The van der Waals surface area contributed by atoms with Crippen LogP contribution in [0.2, 0.25) is 0 Å². The van der Waals surface area contributed by atoms with E-state index in [1.807, 2.05) is 30.3 Å². The van der Waals surface area contributed by atoms with E-state index >= 15 is 0 Å². The van der Waals surface area contributed by atoms with Crippen molar-refractivity contribution < 1.29 is 9.47 Å². The van der Waals surface area contributed by atoms with E-state index < -0.39 is 0 Å². The number of rotatable bonds is 3. The zero-order valence-electron chi connectivity index (χ0n) is 12.4. The van der Waals surface area contributed by atoms with E-state index in [1.165, 1.54) is 0 Å². The van der Waals surface area contributed by atoms with Gasteiger partial charge in [-0.2, -0.15) is 0 Å². The van der Waals surface area contributed by atoms with Crippen molar-refractivity contribution in [2.45, 2.75) is 6.61 Å². The summed E-state index contributed by atoms with van der Waals surface area (Å²) in [6.07, 6.45) is 5.27. The zero-order chi connectivity index (χ0) is 15.6. The lowest BCUT2D eigenvalue weighted by atomic mass is 10.1. The topological polar surface area (TPSA) is 56.6 Å². The molecule has 114 valence electrons. The van der Waals surface area contributed by atoms with Crippen LogP contribution in [0.15, 0.2) is 47.7 Å². The highest BCUT2D eigenvalue weighted by atomic mass is 32.1. The molecule has 3 aromatic rings. The van der Waals surface area contributed by atoms with Crippen LogP contribution in [0.3, 0.4) is 0 Å². The van der Waals surface area contributed by atoms with E-state index in [9.17, 15) is 0 Å². The third-order valence-corrected chi connectivity index (χ3v) is 4.43. The lowest BCUT2D eigenvalue weighted by Gasteiger charge is -2.16. The Morgan fingerprint density at radius 1 is 1.35 bits per heavy atom. The molecule has 0 unspecified atom stereocenters. The SMILES string of the molecule is COc1ccc2c(c1)OCc1sc(N=Cc3cccnc3)nc1-2. The summed E-state index contributed by atoms with van der Waals surface area (Å²) >= 11 is 1.54. The molecule has 0 atom stereocenters. The number of aromatic nitrogens is 2. The number of thiazole rings is 1. The second-order valence-electron chi connectivity index (χ2n) is 4.96. The van der Waals surface area contributed by atoms with Gasteiger partial charge in [-0.3, -0.25) is 4.98 Å². The van der Waals surface area contributed by atoms with Gasteiger partial charge in [-0.25, -0.2) is 9.98 Å². The highest BCUT2D eigenvalue weighted by molar-refractivity contribution is 7.15. The summed E-state index contributed by atoms with van der Waals surface area (Å²) in [5.41, 5.74) is 2.87. The largest absolute Gasteiger partial charge is 0.497 e. The molecule has 5 nitrogen and oxygen atoms in total. The van der Waals surface area contributed by atoms with Crippen LogP contribution in [0.25, 0.3) is 11.3 Å². The highest BCUT2D eigenvalue weighted by Crippen LogP contribution is 2.42. The number of fused-ring (bicyclic) bond motifs is 3. The molecule has 2 aromatic heterocycles. The Hall–Kier alpha value is -2.73. The molecule has 0 fully saturated rings. The van der Waals surface area contributed by atoms with Crippen molar-refractivity contribution in [1.29, 1.82) is 0 Å². The summed E-state index contributed by atoms with van der Waals surface area (Å²) in [6, 6.07) is 9.60. The lowest BCUT2D eigenvalue weighted by Crippen LogP contribution is -2.03. The molecule has 0 saturated carbocycles. The average molecular weight is 323 g/mol. The first-order chi connectivity index (χ1) is 11.3. The standard InChI is InChI=1S/C17H13N3O2S/c1-21-12-4-5-13-14(7-12)22-10-15-16(13)20-17(23-15)19-9-11-3-2-6-18-8-11/h2-9H,10H2,1H3. The fraction of sp³-hybridized carbons (Fsp3) is 0.118. The van der Waals surface area contributed by atoms with Crippen molar-refractivity contribution in [2.24, 2.45) is 4.99 Å². The molecule has 0 aliphatic carbocycles. The number of hydrogen-bond donors (Lipinski definition) is 0. The summed E-state index contributed by atoms with van der Waals surface area (Å²) in [5.74, 6) is 1.57. The van der Waals surface area contributed by atoms with Gasteiger partial charge in [0.1, 0.15) is 18.1 Å². The summed E-state index contributed by atoms with van der Waals surface area (Å²) in [7, 11) is 1.64. The van der Waals surface area contributed by atoms with Crippen LogP contribution >= 0.6 is 11.3 Å². The van der Waals surface area contributed by atoms with Crippen LogP contribution in [0.5, 0.6) is 11.5 Å². The molecule has 4 rings (SSSR count). The van der Waals surface area contributed by atoms with Crippen LogP contribution in [-0.4, -0.2) is 23.3 Å². The van der Waals surface area contributed by atoms with Crippen molar-refractivity contribution in [1.82, 2.24) is 9.97 Å². The molecule has 6 heteroatoms. The maximum Gasteiger partial charge on any atom is 0.210 e. The lowest BCUT2D eigenvalue weighted by molar-refractivity contribution is 0.303. The quantitative estimate of drug-likeness (QED) is 0.687. The Kier molecular flexibility index (Phi) is 3.51. The molecule has 3 heterocycles. The second kappa shape index (κ2) is 5.81. The molecule has 0 N–H and O–H groups in total. The van der Waals surface area contributed by atoms with E-state index in [-0.39, 0.29) is 0 Å². The first-order valence-corrected chi connectivity index (χ1v) is 7.90. The molecule has 0 bridgehead atoms. The third kappa shape index (κ3) is 2.68. The van der Waals surface area contributed by atoms with Crippen LogP contribution in [0, 0.1) is 0 Å². The van der Waals surface area contributed by atoms with Gasteiger partial charge in [-0.05, 0) is 18.2 Å². The van der Waals surface area contributed by atoms with Crippen molar-refractivity contribution in [2.75, 3.05) is 7.11 Å². The predicted molar refractivity (Wildman–Crippen MR) is 89.9 cm³/mol. The van der Waals surface area contributed by atoms with Gasteiger partial charge >= 0.3 is 0 Å². The summed E-state index contributed by atoms with van der Waals surface area (Å²) in [4.78, 5) is 14.2. The minimum Gasteiger partial charge on any atom is -0.497 e. The fourth-order valence-corrected chi connectivity index (χ4v) is 3.21. The summed E-state index contributed by atoms with van der Waals surface area (Å²) in [5, 5.41) is 0.714. The van der Waals surface area contributed by atoms with E-state index in [4.69, 9.17) is 9.47 Å². The maximum absolute atomic E-state index is 5.80. The Morgan fingerprint density at radius 2 is 2.30 bits per heavy atom. The molecule has 1 aromatic carbocycles. The van der Waals surface area contributed by atoms with Gasteiger partial charge in [0.05, 0.1) is 17.7 Å². The van der Waals surface area contributed by atoms with Gasteiger partial charge in [0.25, 0.3) is 0 Å². The molecule has 0 radical (unpaired) electrons. The van der Waals surface area contributed by atoms with E-state index in [0.717, 1.165) is 33.2 Å². The number of nitrogens with zero attached hydrogens (tertiary/aromatic N) is 3. The van der Waals surface area contributed by atoms with Gasteiger partial charge in [0.2, 0.25) is 5.13 Å². The van der Waals surface area contributed by atoms with E-state index in [2.05, 4.69) is 15.0 Å². The number of aliphatic imine (C=N–C) groups is 1. The smallest absolute Gasteiger partial charge is 0.210 e. The first-order valence-electron chi connectivity index (χ1n) is 7.08. The van der Waals surface area contributed by atoms with Crippen molar-refractivity contribution in [3.8, 4) is 22.8 Å². The predicted octanol–water partition coefficient (Wildman–Crippen LogP) is 3.86. The molecule has 23 heavy (non-hydrogen) atoms. The maximum atomic E-state index is 5.80. The number of ether oxygens (including phenoxy) is 2. The Labute approximate surface area is 137 Å². The van der Waals surface area contributed by atoms with Gasteiger partial charge in [-0.15, -0.1) is 0 Å². The molecular formula is C17H13N3O2S. The van der Waals surface area contributed by atoms with Crippen LogP contribution < -0.4 is 9.47 Å². The van der Waals surface area contributed by atoms with Crippen molar-refractivity contribution >= 4 is 22.7 Å². The third-order valence-electron chi connectivity index (χ3n) is 3.50. The van der Waals surface area contributed by atoms with E-state index in [0.29, 0.717) is 11.7 Å². The number of benzene rings is 1.